The Kier molecular flexibility index (Phi) is 11.8. The van der Waals surface area contributed by atoms with Crippen molar-refractivity contribution < 1.29 is 59.6 Å². The van der Waals surface area contributed by atoms with Gasteiger partial charge in [-0.05, 0) is 33.1 Å². The van der Waals surface area contributed by atoms with Crippen LogP contribution in [-0.4, -0.2) is 67.3 Å². The Hall–Kier alpha value is -5.13. The van der Waals surface area contributed by atoms with Crippen LogP contribution in [0.4, 0.5) is 0 Å². The van der Waals surface area contributed by atoms with Crippen LogP contribution in [0.15, 0.2) is 0 Å². The van der Waals surface area contributed by atoms with Crippen LogP contribution in [0, 0.1) is 13.8 Å². The van der Waals surface area contributed by atoms with Crippen LogP contribution < -0.4 is 9.47 Å². The number of phenolic OH excluding ortho intramolecular Hbond substituents is 7. The minimum atomic E-state index is -0.821. The number of methoxy groups -OCH3 is 2. The van der Waals surface area contributed by atoms with Gasteiger partial charge in [0.05, 0.1) is 14.2 Å². The quantitative estimate of drug-likeness (QED) is 0.0878. The van der Waals surface area contributed by atoms with E-state index in [9.17, 15) is 50.1 Å². The Balaban J connectivity index is 2.43. The lowest BCUT2D eigenvalue weighted by Gasteiger charge is -2.22. The van der Waals surface area contributed by atoms with Crippen molar-refractivity contribution in [2.45, 2.75) is 86.0 Å². The molecule has 12 heteroatoms. The minimum absolute atomic E-state index is 0.00113. The summed E-state index contributed by atoms with van der Waals surface area (Å²) in [5.74, 6) is -6.56. The Bertz CT molecular complexity index is 1770. The Morgan fingerprint density at radius 1 is 0.458 bits per heavy atom. The third-order valence-electron chi connectivity index (χ3n) is 8.46. The molecular formula is C36H44O12. The number of carbonyl (C=O) groups is 3. The van der Waals surface area contributed by atoms with Crippen LogP contribution >= 0.6 is 0 Å². The van der Waals surface area contributed by atoms with Crippen molar-refractivity contribution in [3.63, 3.8) is 0 Å². The number of hydrogen-bond acceptors (Lipinski definition) is 12. The standard InChI is InChI=1S/C36H44O12/c1-8-11-22(37)25-29(41)17(5)35(47-6)21(34(25)46)15-20-30(42)19(31(43)26(32(20)44)23(38)12-9-2)14-18-28(40)16(4)36(48-7)27(33(18)45)24(39)13-10-3/h40-46H,8-15H2,1-7H3. The lowest BCUT2D eigenvalue weighted by Crippen LogP contribution is -2.09. The third-order valence-corrected chi connectivity index (χ3v) is 8.46. The summed E-state index contributed by atoms with van der Waals surface area (Å²) in [4.78, 5) is 39.3. The van der Waals surface area contributed by atoms with Gasteiger partial charge in [-0.25, -0.2) is 0 Å². The van der Waals surface area contributed by atoms with E-state index in [-0.39, 0.29) is 75.3 Å². The first-order valence-corrected chi connectivity index (χ1v) is 15.7. The van der Waals surface area contributed by atoms with Crippen LogP contribution in [0.1, 0.15) is 124 Å². The molecule has 0 fully saturated rings. The Morgan fingerprint density at radius 2 is 0.792 bits per heavy atom. The molecule has 0 aliphatic heterocycles. The van der Waals surface area contributed by atoms with Gasteiger partial charge in [-0.1, -0.05) is 20.8 Å². The van der Waals surface area contributed by atoms with Crippen molar-refractivity contribution in [3.05, 3.63) is 50.1 Å². The van der Waals surface area contributed by atoms with Gasteiger partial charge in [-0.3, -0.25) is 14.4 Å². The zero-order valence-electron chi connectivity index (χ0n) is 28.3. The summed E-state index contributed by atoms with van der Waals surface area (Å²) in [6.07, 6.45) is -0.0469. The maximum absolute atomic E-state index is 13.3. The lowest BCUT2D eigenvalue weighted by atomic mass is 9.87. The van der Waals surface area contributed by atoms with Gasteiger partial charge < -0.3 is 45.2 Å². The number of aromatic hydroxyl groups is 7. The molecule has 0 saturated carbocycles. The molecule has 260 valence electrons. The van der Waals surface area contributed by atoms with E-state index in [1.54, 1.807) is 20.8 Å². The Morgan fingerprint density at radius 3 is 1.23 bits per heavy atom. The van der Waals surface area contributed by atoms with Gasteiger partial charge in [0.25, 0.3) is 0 Å². The highest BCUT2D eigenvalue weighted by atomic mass is 16.5. The van der Waals surface area contributed by atoms with E-state index in [4.69, 9.17) is 9.47 Å². The number of ketones is 3. The van der Waals surface area contributed by atoms with Crippen molar-refractivity contribution in [2.24, 2.45) is 0 Å². The van der Waals surface area contributed by atoms with Gasteiger partial charge in [0.1, 0.15) is 68.4 Å². The van der Waals surface area contributed by atoms with Gasteiger partial charge in [-0.15, -0.1) is 0 Å². The molecule has 0 aromatic heterocycles. The molecular weight excluding hydrogens is 624 g/mol. The van der Waals surface area contributed by atoms with Gasteiger partial charge in [0.2, 0.25) is 0 Å². The summed E-state index contributed by atoms with van der Waals surface area (Å²) in [6, 6.07) is 0. The van der Waals surface area contributed by atoms with E-state index in [0.29, 0.717) is 19.3 Å². The molecule has 48 heavy (non-hydrogen) atoms. The number of benzene rings is 3. The average molecular weight is 669 g/mol. The number of phenols is 7. The van der Waals surface area contributed by atoms with Gasteiger partial charge in [-0.2, -0.15) is 0 Å². The highest BCUT2D eigenvalue weighted by Gasteiger charge is 2.33. The van der Waals surface area contributed by atoms with Crippen LogP contribution in [-0.2, 0) is 12.8 Å². The van der Waals surface area contributed by atoms with E-state index in [1.807, 2.05) is 0 Å². The fraction of sp³-hybridized carbons (Fsp3) is 0.417. The van der Waals surface area contributed by atoms with E-state index < -0.39 is 76.0 Å². The topological polar surface area (TPSA) is 211 Å². The van der Waals surface area contributed by atoms with Crippen LogP contribution in [0.2, 0.25) is 0 Å². The first-order chi connectivity index (χ1) is 22.6. The van der Waals surface area contributed by atoms with Crippen molar-refractivity contribution >= 4 is 17.3 Å². The first-order valence-electron chi connectivity index (χ1n) is 15.7. The van der Waals surface area contributed by atoms with Gasteiger partial charge >= 0.3 is 0 Å². The molecule has 0 bridgehead atoms. The van der Waals surface area contributed by atoms with E-state index >= 15 is 0 Å². The van der Waals surface area contributed by atoms with Crippen LogP contribution in [0.5, 0.6) is 51.7 Å². The maximum atomic E-state index is 13.3. The zero-order chi connectivity index (χ0) is 36.2. The number of rotatable bonds is 15. The number of hydrogen-bond donors (Lipinski definition) is 7. The summed E-state index contributed by atoms with van der Waals surface area (Å²) in [6.45, 7) is 8.12. The van der Waals surface area contributed by atoms with Gasteiger partial charge in [0.15, 0.2) is 17.3 Å². The van der Waals surface area contributed by atoms with Crippen LogP contribution in [0.3, 0.4) is 0 Å². The molecule has 12 nitrogen and oxygen atoms in total. The molecule has 3 aromatic rings. The lowest BCUT2D eigenvalue weighted by molar-refractivity contribution is 0.0966. The fourth-order valence-corrected chi connectivity index (χ4v) is 6.00. The Labute approximate surface area is 278 Å². The summed E-state index contributed by atoms with van der Waals surface area (Å²) in [5, 5.41) is 79.0. The fourth-order valence-electron chi connectivity index (χ4n) is 6.00. The minimum Gasteiger partial charge on any atom is -0.507 e. The predicted molar refractivity (Wildman–Crippen MR) is 177 cm³/mol. The van der Waals surface area contributed by atoms with Crippen molar-refractivity contribution in [2.75, 3.05) is 14.2 Å². The second-order valence-electron chi connectivity index (χ2n) is 11.7. The van der Waals surface area contributed by atoms with Crippen molar-refractivity contribution in [3.8, 4) is 51.7 Å². The SMILES string of the molecule is CCCC(=O)c1c(O)c(Cc2c(O)c(C)c(OC)c(C(=O)CCC)c2O)c(O)c(Cc2c(O)c(C(=O)CCC)c(O)c(C)c2OC)c1O. The highest BCUT2D eigenvalue weighted by molar-refractivity contribution is 6.04. The van der Waals surface area contributed by atoms with Crippen LogP contribution in [0.25, 0.3) is 0 Å². The molecule has 0 atom stereocenters. The molecule has 0 heterocycles. The van der Waals surface area contributed by atoms with E-state index in [2.05, 4.69) is 0 Å². The molecule has 0 saturated heterocycles. The number of Topliss-reactive ketones (excluding diaryl/α,β-unsaturated/α-hetero) is 3. The average Bonchev–Trinajstić information content (AvgIpc) is 3.03. The molecule has 0 spiro atoms. The summed E-state index contributed by atoms with van der Waals surface area (Å²) in [7, 11) is 2.53. The third kappa shape index (κ3) is 6.51. The number of ether oxygens (including phenoxy) is 2. The predicted octanol–water partition coefficient (Wildman–Crippen LogP) is 6.39. The van der Waals surface area contributed by atoms with Gasteiger partial charge in [0, 0.05) is 65.5 Å². The molecule has 0 unspecified atom stereocenters. The maximum Gasteiger partial charge on any atom is 0.170 e. The monoisotopic (exact) mass is 668 g/mol. The molecule has 7 N–H and O–H groups in total. The molecule has 0 aliphatic rings. The molecule has 0 radical (unpaired) electrons. The normalized spacial score (nSPS) is 11.1. The molecule has 3 aromatic carbocycles. The summed E-state index contributed by atoms with van der Waals surface area (Å²) >= 11 is 0. The van der Waals surface area contributed by atoms with Crippen molar-refractivity contribution in [1.82, 2.24) is 0 Å². The number of carbonyl (C=O) groups excluding carboxylic acids is 3. The summed E-state index contributed by atoms with van der Waals surface area (Å²) < 4.78 is 10.8. The van der Waals surface area contributed by atoms with E-state index in [0.717, 1.165) is 0 Å². The second kappa shape index (κ2) is 15.2. The smallest absolute Gasteiger partial charge is 0.170 e. The summed E-state index contributed by atoms with van der Waals surface area (Å²) in [5.41, 5.74) is -2.06. The highest BCUT2D eigenvalue weighted by Crippen LogP contribution is 2.51. The molecule has 0 amide bonds. The zero-order valence-corrected chi connectivity index (χ0v) is 28.3. The van der Waals surface area contributed by atoms with E-state index in [1.165, 1.54) is 28.1 Å². The second-order valence-corrected chi connectivity index (χ2v) is 11.7. The molecule has 0 aliphatic carbocycles. The first kappa shape index (κ1) is 37.3. The molecule has 3 rings (SSSR count). The largest absolute Gasteiger partial charge is 0.507 e. The van der Waals surface area contributed by atoms with Crippen molar-refractivity contribution in [1.29, 1.82) is 0 Å².